The van der Waals surface area contributed by atoms with Gasteiger partial charge in [-0.1, -0.05) is 53.5 Å². The van der Waals surface area contributed by atoms with Crippen LogP contribution >= 0.6 is 15.9 Å². The molecule has 3 heterocycles. The van der Waals surface area contributed by atoms with Crippen LogP contribution in [0.2, 0.25) is 0 Å². The van der Waals surface area contributed by atoms with Crippen LogP contribution in [0.15, 0.2) is 81.2 Å². The van der Waals surface area contributed by atoms with Gasteiger partial charge < -0.3 is 14.0 Å². The van der Waals surface area contributed by atoms with E-state index in [1.165, 1.54) is 4.68 Å². The fourth-order valence-corrected chi connectivity index (χ4v) is 5.04. The Morgan fingerprint density at radius 2 is 1.92 bits per heavy atom. The van der Waals surface area contributed by atoms with Crippen LogP contribution in [0.1, 0.15) is 36.7 Å². The zero-order chi connectivity index (χ0) is 25.4. The van der Waals surface area contributed by atoms with Crippen molar-refractivity contribution in [3.05, 3.63) is 98.6 Å². The molecule has 0 aliphatic carbocycles. The minimum atomic E-state index is -0.169. The molecule has 0 amide bonds. The summed E-state index contributed by atoms with van der Waals surface area (Å²) >= 11 is 3.47. The standard InChI is InChI=1S/C29H25BrN4O3/c1-2-3-8-28-32-24-11-10-21(30)14-23(24)29(35)34(28)31-15-20-17-33(25-7-5-4-6-22(20)25)16-19-9-12-26-27(13-19)37-18-36-26/h4-7,9-15,17H,2-3,8,16,18H2,1H3. The maximum atomic E-state index is 13.4. The number of aryl methyl sites for hydroxylation is 1. The molecule has 8 heteroatoms. The summed E-state index contributed by atoms with van der Waals surface area (Å²) in [4.78, 5) is 18.2. The van der Waals surface area contributed by atoms with Crippen LogP contribution in [-0.4, -0.2) is 27.2 Å². The Bertz CT molecular complexity index is 1720. The zero-order valence-electron chi connectivity index (χ0n) is 20.4. The molecule has 0 fully saturated rings. The van der Waals surface area contributed by atoms with Crippen molar-refractivity contribution in [1.29, 1.82) is 0 Å². The molecule has 1 aliphatic rings. The van der Waals surface area contributed by atoms with E-state index in [-0.39, 0.29) is 12.4 Å². The van der Waals surface area contributed by atoms with Gasteiger partial charge in [-0.2, -0.15) is 9.78 Å². The number of ether oxygens (including phenoxy) is 2. The molecule has 5 aromatic rings. The minimum Gasteiger partial charge on any atom is -0.454 e. The average molecular weight is 557 g/mol. The quantitative estimate of drug-likeness (QED) is 0.226. The highest BCUT2D eigenvalue weighted by Gasteiger charge is 2.15. The van der Waals surface area contributed by atoms with Gasteiger partial charge in [0.2, 0.25) is 6.79 Å². The highest BCUT2D eigenvalue weighted by molar-refractivity contribution is 9.10. The number of hydrogen-bond acceptors (Lipinski definition) is 5. The molecular formula is C29H25BrN4O3. The number of para-hydroxylation sites is 1. The van der Waals surface area contributed by atoms with Crippen molar-refractivity contribution >= 4 is 44.0 Å². The van der Waals surface area contributed by atoms with Gasteiger partial charge in [0.25, 0.3) is 5.56 Å². The SMILES string of the molecule is CCCCc1nc2ccc(Br)cc2c(=O)n1N=Cc1cn(Cc2ccc3c(c2)OCO3)c2ccccc12. The summed E-state index contributed by atoms with van der Waals surface area (Å²) in [6.45, 7) is 3.04. The van der Waals surface area contributed by atoms with Crippen LogP contribution in [0.25, 0.3) is 21.8 Å². The van der Waals surface area contributed by atoms with Crippen molar-refractivity contribution in [2.75, 3.05) is 6.79 Å². The smallest absolute Gasteiger partial charge is 0.282 e. The molecule has 0 unspecified atom stereocenters. The molecule has 0 saturated carbocycles. The molecule has 3 aromatic carbocycles. The van der Waals surface area contributed by atoms with Gasteiger partial charge in [0.1, 0.15) is 5.82 Å². The van der Waals surface area contributed by atoms with Gasteiger partial charge in [0, 0.05) is 40.1 Å². The molecule has 0 saturated heterocycles. The summed E-state index contributed by atoms with van der Waals surface area (Å²) in [5, 5.41) is 6.28. The molecule has 0 radical (unpaired) electrons. The molecule has 0 bridgehead atoms. The highest BCUT2D eigenvalue weighted by atomic mass is 79.9. The van der Waals surface area contributed by atoms with E-state index < -0.39 is 0 Å². The van der Waals surface area contributed by atoms with Crippen LogP contribution in [0.5, 0.6) is 11.5 Å². The number of nitrogens with zero attached hydrogens (tertiary/aromatic N) is 4. The highest BCUT2D eigenvalue weighted by Crippen LogP contribution is 2.33. The number of hydrogen-bond donors (Lipinski definition) is 0. The van der Waals surface area contributed by atoms with E-state index in [1.54, 1.807) is 12.3 Å². The van der Waals surface area contributed by atoms with E-state index in [1.807, 2.05) is 36.4 Å². The first-order chi connectivity index (χ1) is 18.1. The lowest BCUT2D eigenvalue weighted by atomic mass is 10.2. The molecule has 186 valence electrons. The van der Waals surface area contributed by atoms with Crippen molar-refractivity contribution in [3.63, 3.8) is 0 Å². The predicted octanol–water partition coefficient (Wildman–Crippen LogP) is 6.12. The number of aromatic nitrogens is 3. The first-order valence-electron chi connectivity index (χ1n) is 12.3. The number of fused-ring (bicyclic) bond motifs is 3. The lowest BCUT2D eigenvalue weighted by molar-refractivity contribution is 0.174. The number of unbranched alkanes of at least 4 members (excludes halogenated alkanes) is 1. The number of benzene rings is 3. The van der Waals surface area contributed by atoms with Crippen molar-refractivity contribution in [3.8, 4) is 11.5 Å². The lowest BCUT2D eigenvalue weighted by Gasteiger charge is -2.09. The van der Waals surface area contributed by atoms with E-state index in [9.17, 15) is 4.79 Å². The van der Waals surface area contributed by atoms with Gasteiger partial charge in [-0.25, -0.2) is 4.98 Å². The fourth-order valence-electron chi connectivity index (χ4n) is 4.68. The fraction of sp³-hybridized carbons (Fsp3) is 0.207. The predicted molar refractivity (Wildman–Crippen MR) is 149 cm³/mol. The van der Waals surface area contributed by atoms with Crippen LogP contribution in [0, 0.1) is 0 Å². The van der Waals surface area contributed by atoms with Gasteiger partial charge >= 0.3 is 0 Å². The van der Waals surface area contributed by atoms with Gasteiger partial charge in [-0.3, -0.25) is 4.79 Å². The van der Waals surface area contributed by atoms with Gasteiger partial charge in [-0.15, -0.1) is 0 Å². The lowest BCUT2D eigenvalue weighted by Crippen LogP contribution is -2.22. The van der Waals surface area contributed by atoms with E-state index in [4.69, 9.17) is 14.5 Å². The Balaban J connectivity index is 1.41. The molecule has 0 atom stereocenters. The summed E-state index contributed by atoms with van der Waals surface area (Å²) in [5.74, 6) is 2.21. The van der Waals surface area contributed by atoms with E-state index in [0.29, 0.717) is 29.7 Å². The van der Waals surface area contributed by atoms with Crippen molar-refractivity contribution in [2.24, 2.45) is 5.10 Å². The van der Waals surface area contributed by atoms with Crippen LogP contribution < -0.4 is 15.0 Å². The first kappa shape index (κ1) is 23.5. The van der Waals surface area contributed by atoms with Crippen LogP contribution in [0.3, 0.4) is 0 Å². The largest absolute Gasteiger partial charge is 0.454 e. The molecule has 7 nitrogen and oxygen atoms in total. The zero-order valence-corrected chi connectivity index (χ0v) is 21.9. The van der Waals surface area contributed by atoms with E-state index in [2.05, 4.69) is 56.9 Å². The Hall–Kier alpha value is -3.91. The topological polar surface area (TPSA) is 70.6 Å². The van der Waals surface area contributed by atoms with Crippen LogP contribution in [0.4, 0.5) is 0 Å². The third kappa shape index (κ3) is 4.53. The number of rotatable bonds is 7. The molecule has 6 rings (SSSR count). The van der Waals surface area contributed by atoms with Crippen molar-refractivity contribution < 1.29 is 9.47 Å². The Morgan fingerprint density at radius 3 is 2.81 bits per heavy atom. The second-order valence-corrected chi connectivity index (χ2v) is 9.99. The van der Waals surface area contributed by atoms with Crippen LogP contribution in [-0.2, 0) is 13.0 Å². The normalized spacial score (nSPS) is 12.8. The molecular weight excluding hydrogens is 532 g/mol. The maximum absolute atomic E-state index is 13.4. The van der Waals surface area contributed by atoms with E-state index >= 15 is 0 Å². The summed E-state index contributed by atoms with van der Waals surface area (Å²) < 4.78 is 15.5. The van der Waals surface area contributed by atoms with Crippen molar-refractivity contribution in [2.45, 2.75) is 32.7 Å². The molecule has 0 spiro atoms. The Kier molecular flexibility index (Phi) is 6.26. The Labute approximate surface area is 222 Å². The molecule has 0 N–H and O–H groups in total. The summed E-state index contributed by atoms with van der Waals surface area (Å²) in [7, 11) is 0. The number of halogens is 1. The average Bonchev–Trinajstić information content (AvgIpc) is 3.52. The van der Waals surface area contributed by atoms with Gasteiger partial charge in [-0.05, 0) is 48.4 Å². The summed E-state index contributed by atoms with van der Waals surface area (Å²) in [6.07, 6.45) is 6.45. The maximum Gasteiger partial charge on any atom is 0.282 e. The summed E-state index contributed by atoms with van der Waals surface area (Å²) in [5.41, 5.74) is 3.64. The molecule has 37 heavy (non-hydrogen) atoms. The van der Waals surface area contributed by atoms with Gasteiger partial charge in [0.05, 0.1) is 17.1 Å². The third-order valence-corrected chi connectivity index (χ3v) is 7.04. The third-order valence-electron chi connectivity index (χ3n) is 6.55. The first-order valence-corrected chi connectivity index (χ1v) is 13.1. The summed E-state index contributed by atoms with van der Waals surface area (Å²) in [6, 6.07) is 19.8. The van der Waals surface area contributed by atoms with Crippen molar-refractivity contribution in [1.82, 2.24) is 14.2 Å². The van der Waals surface area contributed by atoms with Gasteiger partial charge in [0.15, 0.2) is 11.5 Å². The molecule has 2 aromatic heterocycles. The second kappa shape index (κ2) is 9.86. The second-order valence-electron chi connectivity index (χ2n) is 9.07. The Morgan fingerprint density at radius 1 is 1.05 bits per heavy atom. The monoisotopic (exact) mass is 556 g/mol. The minimum absolute atomic E-state index is 0.169. The van der Waals surface area contributed by atoms with E-state index in [0.717, 1.165) is 50.8 Å². The molecule has 1 aliphatic heterocycles.